The van der Waals surface area contributed by atoms with Crippen molar-refractivity contribution < 1.29 is 203 Å². The lowest BCUT2D eigenvalue weighted by Gasteiger charge is -2.50. The molecule has 0 aliphatic carbocycles. The van der Waals surface area contributed by atoms with Crippen LogP contribution in [0.3, 0.4) is 0 Å². The number of ether oxygens (including phenoxy) is 16. The average Bonchev–Trinajstić information content (AvgIpc) is 1.20. The molecule has 41 heteroatoms. The molecule has 0 aromatic rings. The molecule has 8 fully saturated rings. The van der Waals surface area contributed by atoms with Crippen molar-refractivity contribution in [2.75, 3.05) is 60.0 Å². The summed E-state index contributed by atoms with van der Waals surface area (Å²) in [6.45, 7) is -8.17. The van der Waals surface area contributed by atoms with E-state index >= 15 is 0 Å². The third-order valence-electron chi connectivity index (χ3n) is 16.9. The van der Waals surface area contributed by atoms with Crippen molar-refractivity contribution in [3.8, 4) is 0 Å². The van der Waals surface area contributed by atoms with E-state index < -0.39 is 299 Å². The predicted octanol–water partition coefficient (Wildman–Crippen LogP) is -17.8. The second-order valence-electron chi connectivity index (χ2n) is 22.6. The van der Waals surface area contributed by atoms with Gasteiger partial charge in [-0.25, -0.2) is 0 Å². The van der Waals surface area contributed by atoms with Crippen LogP contribution in [0.2, 0.25) is 0 Å². The molecule has 8 saturated heterocycles. The Bertz CT molecular complexity index is 2140. The minimum Gasteiger partial charge on any atom is -0.394 e. The first-order valence-corrected chi connectivity index (χ1v) is 28.6. The van der Waals surface area contributed by atoms with E-state index in [1.807, 2.05) is 0 Å². The van der Waals surface area contributed by atoms with Crippen molar-refractivity contribution in [1.82, 2.24) is 0 Å². The van der Waals surface area contributed by atoms with E-state index in [1.165, 1.54) is 0 Å². The lowest BCUT2D eigenvalue weighted by Crippen LogP contribution is -2.69. The minimum absolute atomic E-state index is 0.809. The highest BCUT2D eigenvalue weighted by molar-refractivity contribution is 5.02. The first-order chi connectivity index (χ1) is 42.8. The van der Waals surface area contributed by atoms with Gasteiger partial charge >= 0.3 is 0 Å². The van der Waals surface area contributed by atoms with Crippen LogP contribution >= 0.6 is 0 Å². The lowest BCUT2D eigenvalue weighted by atomic mass is 9.95. The van der Waals surface area contributed by atoms with Crippen molar-refractivity contribution in [3.05, 3.63) is 0 Å². The van der Waals surface area contributed by atoms with Crippen LogP contribution in [0, 0.1) is 0 Å². The molecule has 0 radical (unpaired) electrons. The van der Waals surface area contributed by atoms with Gasteiger partial charge in [-0.05, 0) is 0 Å². The van der Waals surface area contributed by atoms with E-state index in [9.17, 15) is 128 Å². The molecule has 8 aliphatic heterocycles. The molecule has 40 atom stereocenters. The summed E-state index contributed by atoms with van der Waals surface area (Å²) >= 11 is 0. The quantitative estimate of drug-likeness (QED) is 0.0452. The maximum atomic E-state index is 11.8. The molecule has 8 rings (SSSR count). The third kappa shape index (κ3) is 15.1. The molecule has 0 bridgehead atoms. The normalized spacial score (nSPS) is 53.1. The summed E-state index contributed by atoms with van der Waals surface area (Å²) in [6, 6.07) is 0. The molecule has 90 heavy (non-hydrogen) atoms. The molecule has 8 heterocycles. The van der Waals surface area contributed by atoms with Gasteiger partial charge in [0.15, 0.2) is 50.3 Å². The minimum atomic E-state index is -2.37. The van der Waals surface area contributed by atoms with Gasteiger partial charge in [0.2, 0.25) is 0 Å². The predicted molar refractivity (Wildman–Crippen MR) is 269 cm³/mol. The summed E-state index contributed by atoms with van der Waals surface area (Å²) in [4.78, 5) is 0. The first kappa shape index (κ1) is 74.2. The monoisotopic (exact) mass is 1330 g/mol. The van der Waals surface area contributed by atoms with Gasteiger partial charge in [0.25, 0.3) is 0 Å². The molecule has 0 saturated carbocycles. The van der Waals surface area contributed by atoms with Crippen LogP contribution < -0.4 is 0 Å². The van der Waals surface area contributed by atoms with Crippen molar-refractivity contribution in [2.45, 2.75) is 246 Å². The zero-order chi connectivity index (χ0) is 66.1. The van der Waals surface area contributed by atoms with E-state index in [0.717, 1.165) is 7.11 Å². The Morgan fingerprint density at radius 3 is 0.500 bits per heavy atom. The summed E-state index contributed by atoms with van der Waals surface area (Å²) in [5.41, 5.74) is 0. The molecule has 0 aromatic carbocycles. The van der Waals surface area contributed by atoms with E-state index in [-0.39, 0.29) is 0 Å². The van der Waals surface area contributed by atoms with Gasteiger partial charge in [0, 0.05) is 7.11 Å². The number of methoxy groups -OCH3 is 1. The summed E-state index contributed by atoms with van der Waals surface area (Å²) in [7, 11) is 1.12. The van der Waals surface area contributed by atoms with Gasteiger partial charge in [-0.3, -0.25) is 0 Å². The average molecular weight is 1330 g/mol. The molecule has 0 amide bonds. The van der Waals surface area contributed by atoms with Crippen LogP contribution in [0.15, 0.2) is 0 Å². The Labute approximate surface area is 508 Å². The standard InChI is InChI=1S/C49H84O41/c1-75-42-28(68)35(19(59)11(3-51)76-42)85-44-30(70)37(21(61)13(5-53)78-44)87-46-32(72)39(23(63)15(7-55)80-46)89-48-34(74)41(25(65)17(9-57)82-48)90-49-33(73)40(24(64)16(8-56)83-49)88-47-31(71)38(22(62)14(6-54)81-47)86-45-29(69)36(20(60)12(4-52)79-45)84-43-27(67)26(66)18(58)10(2-50)77-43/h10-74H,2-9H2,1H3/t10-,11-,12-,13-,14-,15-,16-,17-,18-,19-,20-,21-,22-,23-,24-,25-,26+,27+,28+,29+,30+,31+,32+,33+,34+,35+,36+,37+,38+,39+,40+,41+,42+,43-,44-,45-,46-,47-,48-,49-/m1/s1. The van der Waals surface area contributed by atoms with Crippen LogP contribution in [0.5, 0.6) is 0 Å². The molecule has 8 aliphatic rings. The van der Waals surface area contributed by atoms with Crippen molar-refractivity contribution in [1.29, 1.82) is 0 Å². The maximum absolute atomic E-state index is 11.8. The van der Waals surface area contributed by atoms with Crippen molar-refractivity contribution in [2.24, 2.45) is 0 Å². The highest BCUT2D eigenvalue weighted by Gasteiger charge is 2.60. The smallest absolute Gasteiger partial charge is 0.187 e. The van der Waals surface area contributed by atoms with E-state index in [0.29, 0.717) is 0 Å². The fourth-order valence-corrected chi connectivity index (χ4v) is 11.6. The second-order valence-corrected chi connectivity index (χ2v) is 22.6. The highest BCUT2D eigenvalue weighted by atomic mass is 16.8. The first-order valence-electron chi connectivity index (χ1n) is 28.6. The Morgan fingerprint density at radius 1 is 0.189 bits per heavy atom. The summed E-state index contributed by atoms with van der Waals surface area (Å²) in [5, 5.41) is 271. The molecule has 526 valence electrons. The molecule has 0 spiro atoms. The second kappa shape index (κ2) is 32.1. The van der Waals surface area contributed by atoms with Crippen molar-refractivity contribution in [3.63, 3.8) is 0 Å². The summed E-state index contributed by atoms with van der Waals surface area (Å²) in [6.07, 6.45) is -80.4. The maximum Gasteiger partial charge on any atom is 0.187 e. The summed E-state index contributed by atoms with van der Waals surface area (Å²) < 4.78 is 89.4. The summed E-state index contributed by atoms with van der Waals surface area (Å²) in [5.74, 6) is 0. The zero-order valence-corrected chi connectivity index (χ0v) is 47.5. The van der Waals surface area contributed by atoms with E-state index in [1.54, 1.807) is 0 Å². The van der Waals surface area contributed by atoms with Gasteiger partial charge in [0.1, 0.15) is 195 Å². The van der Waals surface area contributed by atoms with Gasteiger partial charge in [-0.1, -0.05) is 0 Å². The highest BCUT2D eigenvalue weighted by Crippen LogP contribution is 2.39. The lowest BCUT2D eigenvalue weighted by molar-refractivity contribution is -0.402. The Balaban J connectivity index is 0.965. The van der Waals surface area contributed by atoms with Crippen LogP contribution in [0.1, 0.15) is 0 Å². The van der Waals surface area contributed by atoms with Gasteiger partial charge in [0.05, 0.1) is 52.9 Å². The largest absolute Gasteiger partial charge is 0.394 e. The van der Waals surface area contributed by atoms with Crippen molar-refractivity contribution >= 4 is 0 Å². The van der Waals surface area contributed by atoms with Crippen LogP contribution in [0.25, 0.3) is 0 Å². The number of hydrogen-bond donors (Lipinski definition) is 25. The SMILES string of the molecule is CO[C@H]1O[C@H](CO)[C@@H](O)[C@H](O[C@H]2O[C@H](CO)[C@@H](O)[C@H](O[C@H]3O[C@H](CO)[C@@H](O)[C@H](O[C@H]4O[C@H](CO)[C@@H](O)[C@H](O[C@H]5O[C@H](CO)[C@@H](O)[C@H](O[C@H]6O[C@H](CO)[C@@H](O)[C@H](O[C@H]7O[C@H](CO)[C@@H](O)[C@H](O[C@H]8O[C@H](CO)[C@@H](O)[C@H](O)[C@@H]8O)[C@@H]7O)[C@@H]6O)[C@@H]5O)[C@@H]4O)[C@@H]3O)[C@@H]2O)[C@@H]1O. The Morgan fingerprint density at radius 2 is 0.333 bits per heavy atom. The topological polar surface area (TPSA) is 653 Å². The van der Waals surface area contributed by atoms with Gasteiger partial charge < -0.3 is 203 Å². The van der Waals surface area contributed by atoms with Crippen LogP contribution in [-0.2, 0) is 75.8 Å². The fourth-order valence-electron chi connectivity index (χ4n) is 11.6. The van der Waals surface area contributed by atoms with Crippen LogP contribution in [0.4, 0.5) is 0 Å². The number of aliphatic hydroxyl groups excluding tert-OH is 25. The molecule has 41 nitrogen and oxygen atoms in total. The molecular weight excluding hydrogens is 1240 g/mol. The van der Waals surface area contributed by atoms with Gasteiger partial charge in [-0.15, -0.1) is 0 Å². The zero-order valence-electron chi connectivity index (χ0n) is 47.5. The Hall–Kier alpha value is -1.64. The molecule has 25 N–H and O–H groups in total. The van der Waals surface area contributed by atoms with Gasteiger partial charge in [-0.2, -0.15) is 0 Å². The molecular formula is C49H84O41. The van der Waals surface area contributed by atoms with E-state index in [2.05, 4.69) is 0 Å². The van der Waals surface area contributed by atoms with Crippen LogP contribution in [-0.4, -0.2) is 433 Å². The molecule has 0 aromatic heterocycles. The molecule has 0 unspecified atom stereocenters. The number of hydrogen-bond acceptors (Lipinski definition) is 41. The fraction of sp³-hybridized carbons (Fsp3) is 1.00. The number of rotatable bonds is 23. The number of aliphatic hydroxyl groups is 25. The third-order valence-corrected chi connectivity index (χ3v) is 16.9. The van der Waals surface area contributed by atoms with E-state index in [4.69, 9.17) is 75.8 Å². The Kier molecular flexibility index (Phi) is 26.5.